The van der Waals surface area contributed by atoms with Gasteiger partial charge in [0, 0.05) is 12.5 Å². The third-order valence-electron chi connectivity index (χ3n) is 6.32. The van der Waals surface area contributed by atoms with E-state index in [1.54, 1.807) is 0 Å². The van der Waals surface area contributed by atoms with Crippen molar-refractivity contribution in [3.8, 4) is 0 Å². The molecule has 2 unspecified atom stereocenters. The van der Waals surface area contributed by atoms with Crippen molar-refractivity contribution >= 4 is 17.4 Å². The zero-order valence-electron chi connectivity index (χ0n) is 18.8. The van der Waals surface area contributed by atoms with Gasteiger partial charge in [0.1, 0.15) is 0 Å². The second-order valence-corrected chi connectivity index (χ2v) is 10.5. The molecule has 162 valence electrons. The Balaban J connectivity index is 1.47. The van der Waals surface area contributed by atoms with Crippen molar-refractivity contribution in [2.24, 2.45) is 10.8 Å². The molecule has 2 atom stereocenters. The molecule has 0 spiro atoms. The van der Waals surface area contributed by atoms with E-state index in [-0.39, 0.29) is 0 Å². The molecular formula is C27H37NOS. The van der Waals surface area contributed by atoms with Gasteiger partial charge in [-0.3, -0.25) is 0 Å². The first-order valence-electron chi connectivity index (χ1n) is 11.3. The summed E-state index contributed by atoms with van der Waals surface area (Å²) < 4.78 is 5.84. The predicted molar refractivity (Wildman–Crippen MR) is 131 cm³/mol. The van der Waals surface area contributed by atoms with Crippen LogP contribution in [-0.2, 0) is 17.6 Å². The summed E-state index contributed by atoms with van der Waals surface area (Å²) in [5.41, 5.74) is 3.38. The molecule has 1 aliphatic rings. The van der Waals surface area contributed by atoms with Gasteiger partial charge in [-0.15, -0.1) is 0 Å². The first-order valence-corrected chi connectivity index (χ1v) is 11.8. The highest BCUT2D eigenvalue weighted by Gasteiger charge is 2.41. The molecule has 0 radical (unpaired) electrons. The molecule has 0 heterocycles. The molecule has 0 saturated heterocycles. The monoisotopic (exact) mass is 423 g/mol. The Morgan fingerprint density at radius 1 is 0.933 bits per heavy atom. The van der Waals surface area contributed by atoms with E-state index < -0.39 is 0 Å². The van der Waals surface area contributed by atoms with E-state index in [4.69, 9.17) is 17.0 Å². The fourth-order valence-corrected chi connectivity index (χ4v) is 5.65. The molecule has 3 heteroatoms. The summed E-state index contributed by atoms with van der Waals surface area (Å²) in [6.07, 6.45) is 8.11. The second-order valence-electron chi connectivity index (χ2n) is 10.1. The van der Waals surface area contributed by atoms with Gasteiger partial charge in [0.05, 0.1) is 6.61 Å². The van der Waals surface area contributed by atoms with Gasteiger partial charge in [-0.1, -0.05) is 81.4 Å². The lowest BCUT2D eigenvalue weighted by Gasteiger charge is -2.47. The minimum absolute atomic E-state index is 0.317. The van der Waals surface area contributed by atoms with Crippen molar-refractivity contribution in [3.05, 3.63) is 71.8 Å². The Labute approximate surface area is 188 Å². The van der Waals surface area contributed by atoms with E-state index in [1.165, 1.54) is 30.4 Å². The van der Waals surface area contributed by atoms with Crippen molar-refractivity contribution in [1.29, 1.82) is 0 Å². The molecule has 0 aliphatic heterocycles. The van der Waals surface area contributed by atoms with E-state index in [0.717, 1.165) is 25.7 Å². The average Bonchev–Trinajstić information content (AvgIpc) is 2.68. The Kier molecular flexibility index (Phi) is 7.93. The fraction of sp³-hybridized carbons (Fsp3) is 0.519. The smallest absolute Gasteiger partial charge is 0.256 e. The number of aryl methyl sites for hydroxylation is 1. The second kappa shape index (κ2) is 10.4. The topological polar surface area (TPSA) is 21.3 Å². The SMILES string of the molecule is CC1(C)CC(NC(=S)OCCc2ccccc2)CC(C)(CCCc2ccccc2)C1. The Bertz CT molecular complexity index is 789. The summed E-state index contributed by atoms with van der Waals surface area (Å²) in [5.74, 6) is 0. The standard InChI is InChI=1S/C27H37NOS/c1-26(2)19-24(28-25(30)29-18-16-23-13-8-5-9-14-23)20-27(3,21-26)17-10-15-22-11-6-4-7-12-22/h4-9,11-14,24H,10,15-21H2,1-3H3,(H,28,30). The van der Waals surface area contributed by atoms with Gasteiger partial charge in [0.2, 0.25) is 0 Å². The first kappa shape index (κ1) is 22.8. The molecule has 2 aromatic carbocycles. The lowest BCUT2D eigenvalue weighted by molar-refractivity contribution is 0.0663. The van der Waals surface area contributed by atoms with Crippen molar-refractivity contribution < 1.29 is 4.74 Å². The highest BCUT2D eigenvalue weighted by atomic mass is 32.1. The van der Waals surface area contributed by atoms with Gasteiger partial charge in [-0.25, -0.2) is 0 Å². The maximum atomic E-state index is 5.84. The van der Waals surface area contributed by atoms with Crippen molar-refractivity contribution in [2.45, 2.75) is 71.8 Å². The highest BCUT2D eigenvalue weighted by molar-refractivity contribution is 7.80. The summed E-state index contributed by atoms with van der Waals surface area (Å²) in [5, 5.41) is 4.09. The zero-order valence-corrected chi connectivity index (χ0v) is 19.6. The van der Waals surface area contributed by atoms with E-state index in [0.29, 0.717) is 28.7 Å². The Hall–Kier alpha value is -1.87. The number of hydrogen-bond donors (Lipinski definition) is 1. The van der Waals surface area contributed by atoms with Gasteiger partial charge in [0.25, 0.3) is 5.17 Å². The molecule has 3 rings (SSSR count). The number of nitrogens with one attached hydrogen (secondary N) is 1. The molecule has 2 aromatic rings. The van der Waals surface area contributed by atoms with Gasteiger partial charge in [0.15, 0.2) is 0 Å². The maximum Gasteiger partial charge on any atom is 0.256 e. The third-order valence-corrected chi connectivity index (χ3v) is 6.56. The van der Waals surface area contributed by atoms with E-state index in [2.05, 4.69) is 80.7 Å². The first-order chi connectivity index (χ1) is 14.3. The number of hydrogen-bond acceptors (Lipinski definition) is 2. The van der Waals surface area contributed by atoms with Crippen molar-refractivity contribution in [2.75, 3.05) is 6.61 Å². The lowest BCUT2D eigenvalue weighted by atomic mass is 9.61. The predicted octanol–water partition coefficient (Wildman–Crippen LogP) is 6.73. The van der Waals surface area contributed by atoms with Crippen LogP contribution in [0.25, 0.3) is 0 Å². The summed E-state index contributed by atoms with van der Waals surface area (Å²) in [6.45, 7) is 7.89. The average molecular weight is 424 g/mol. The Morgan fingerprint density at radius 2 is 1.53 bits per heavy atom. The number of rotatable bonds is 8. The van der Waals surface area contributed by atoms with Crippen LogP contribution >= 0.6 is 12.2 Å². The maximum absolute atomic E-state index is 5.84. The largest absolute Gasteiger partial charge is 0.471 e. The molecular weight excluding hydrogens is 386 g/mol. The molecule has 0 amide bonds. The van der Waals surface area contributed by atoms with Gasteiger partial charge >= 0.3 is 0 Å². The van der Waals surface area contributed by atoms with Gasteiger partial charge < -0.3 is 10.1 Å². The summed E-state index contributed by atoms with van der Waals surface area (Å²) in [4.78, 5) is 0. The van der Waals surface area contributed by atoms with Crippen LogP contribution in [0.15, 0.2) is 60.7 Å². The van der Waals surface area contributed by atoms with Crippen LogP contribution in [0.1, 0.15) is 64.0 Å². The zero-order chi connectivity index (χ0) is 21.5. The van der Waals surface area contributed by atoms with E-state index >= 15 is 0 Å². The fourth-order valence-electron chi connectivity index (χ4n) is 5.40. The molecule has 1 fully saturated rings. The van der Waals surface area contributed by atoms with Gasteiger partial charge in [-0.05, 0) is 72.7 Å². The van der Waals surface area contributed by atoms with Crippen LogP contribution < -0.4 is 5.32 Å². The highest BCUT2D eigenvalue weighted by Crippen LogP contribution is 2.48. The third kappa shape index (κ3) is 7.43. The molecule has 30 heavy (non-hydrogen) atoms. The Morgan fingerprint density at radius 3 is 2.17 bits per heavy atom. The minimum Gasteiger partial charge on any atom is -0.471 e. The van der Waals surface area contributed by atoms with Crippen LogP contribution in [-0.4, -0.2) is 17.8 Å². The lowest BCUT2D eigenvalue weighted by Crippen LogP contribution is -2.47. The minimum atomic E-state index is 0.317. The number of ether oxygens (including phenoxy) is 1. The van der Waals surface area contributed by atoms with E-state index in [9.17, 15) is 0 Å². The molecule has 2 nitrogen and oxygen atoms in total. The molecule has 1 saturated carbocycles. The molecule has 1 N–H and O–H groups in total. The van der Waals surface area contributed by atoms with Crippen LogP contribution in [0.5, 0.6) is 0 Å². The number of benzene rings is 2. The number of thiocarbonyl (C=S) groups is 1. The summed E-state index contributed by atoms with van der Waals surface area (Å²) >= 11 is 5.52. The van der Waals surface area contributed by atoms with Crippen LogP contribution in [0, 0.1) is 10.8 Å². The molecule has 0 aromatic heterocycles. The van der Waals surface area contributed by atoms with Crippen LogP contribution in [0.4, 0.5) is 0 Å². The van der Waals surface area contributed by atoms with Gasteiger partial charge in [-0.2, -0.15) is 0 Å². The quantitative estimate of drug-likeness (QED) is 0.476. The van der Waals surface area contributed by atoms with Crippen molar-refractivity contribution in [3.63, 3.8) is 0 Å². The summed E-state index contributed by atoms with van der Waals surface area (Å²) in [6, 6.07) is 21.7. The van der Waals surface area contributed by atoms with Crippen molar-refractivity contribution in [1.82, 2.24) is 5.32 Å². The molecule has 0 bridgehead atoms. The van der Waals surface area contributed by atoms with Crippen LogP contribution in [0.3, 0.4) is 0 Å². The normalized spacial score (nSPS) is 23.0. The molecule has 1 aliphatic carbocycles. The van der Waals surface area contributed by atoms with Crippen LogP contribution in [0.2, 0.25) is 0 Å². The van der Waals surface area contributed by atoms with E-state index in [1.807, 2.05) is 6.07 Å². The summed E-state index contributed by atoms with van der Waals surface area (Å²) in [7, 11) is 0.